The molecule has 1 aromatic heterocycles. The number of hydrogen-bond acceptors (Lipinski definition) is 2. The maximum Gasteiger partial charge on any atom is 0.203 e. The van der Waals surface area contributed by atoms with Crippen molar-refractivity contribution in [3.05, 3.63) is 11.9 Å². The summed E-state index contributed by atoms with van der Waals surface area (Å²) in [4.78, 5) is 4.52. The third-order valence-corrected chi connectivity index (χ3v) is 3.73. The predicted molar refractivity (Wildman–Crippen MR) is 72.3 cm³/mol. The van der Waals surface area contributed by atoms with Crippen molar-refractivity contribution >= 4 is 5.95 Å². The predicted octanol–water partition coefficient (Wildman–Crippen LogP) is 3.59. The minimum atomic E-state index is 0.944. The Morgan fingerprint density at radius 1 is 1.35 bits per heavy atom. The minimum Gasteiger partial charge on any atom is -0.356 e. The quantitative estimate of drug-likeness (QED) is 0.845. The Morgan fingerprint density at radius 2 is 2.12 bits per heavy atom. The lowest BCUT2D eigenvalue weighted by Gasteiger charge is -2.21. The fraction of sp³-hybridized carbons (Fsp3) is 0.786. The van der Waals surface area contributed by atoms with E-state index in [4.69, 9.17) is 0 Å². The van der Waals surface area contributed by atoms with Crippen LogP contribution in [0.15, 0.2) is 6.20 Å². The molecule has 17 heavy (non-hydrogen) atoms. The summed E-state index contributed by atoms with van der Waals surface area (Å²) in [6, 6.07) is 0. The van der Waals surface area contributed by atoms with Gasteiger partial charge in [-0.2, -0.15) is 0 Å². The molecule has 0 aliphatic heterocycles. The summed E-state index contributed by atoms with van der Waals surface area (Å²) >= 11 is 0. The molecule has 0 aromatic carbocycles. The lowest BCUT2D eigenvalue weighted by atomic mass is 9.87. The zero-order chi connectivity index (χ0) is 12.1. The van der Waals surface area contributed by atoms with Gasteiger partial charge in [0.25, 0.3) is 0 Å². The van der Waals surface area contributed by atoms with Crippen molar-refractivity contribution in [1.29, 1.82) is 0 Å². The van der Waals surface area contributed by atoms with E-state index in [1.54, 1.807) is 0 Å². The molecule has 0 saturated heterocycles. The summed E-state index contributed by atoms with van der Waals surface area (Å²) in [7, 11) is 0. The molecule has 0 amide bonds. The minimum absolute atomic E-state index is 0.944. The van der Waals surface area contributed by atoms with Crippen LogP contribution in [0.1, 0.15) is 51.1 Å². The van der Waals surface area contributed by atoms with Gasteiger partial charge < -0.3 is 9.88 Å². The molecule has 96 valence electrons. The lowest BCUT2D eigenvalue weighted by molar-refractivity contribution is 0.324. The van der Waals surface area contributed by atoms with E-state index < -0.39 is 0 Å². The molecule has 1 aromatic rings. The molecular formula is C14H25N3. The van der Waals surface area contributed by atoms with Gasteiger partial charge in [0.05, 0.1) is 5.69 Å². The highest BCUT2D eigenvalue weighted by atomic mass is 15.2. The number of nitrogens with zero attached hydrogens (tertiary/aromatic N) is 2. The average Bonchev–Trinajstić information content (AvgIpc) is 2.69. The van der Waals surface area contributed by atoms with Gasteiger partial charge in [0.2, 0.25) is 5.95 Å². The van der Waals surface area contributed by atoms with E-state index in [1.807, 2.05) is 0 Å². The van der Waals surface area contributed by atoms with Crippen molar-refractivity contribution in [1.82, 2.24) is 9.55 Å². The average molecular weight is 235 g/mol. The van der Waals surface area contributed by atoms with Gasteiger partial charge in [-0.1, -0.05) is 32.1 Å². The van der Waals surface area contributed by atoms with E-state index in [2.05, 4.69) is 34.9 Å². The van der Waals surface area contributed by atoms with E-state index in [0.29, 0.717) is 0 Å². The first-order valence-electron chi connectivity index (χ1n) is 7.07. The van der Waals surface area contributed by atoms with Crippen molar-refractivity contribution in [3.63, 3.8) is 0 Å². The first kappa shape index (κ1) is 12.5. The van der Waals surface area contributed by atoms with E-state index in [9.17, 15) is 0 Å². The molecule has 1 fully saturated rings. The Hall–Kier alpha value is -0.990. The van der Waals surface area contributed by atoms with Gasteiger partial charge in [0.15, 0.2) is 0 Å². The molecule has 3 heteroatoms. The second kappa shape index (κ2) is 6.08. The largest absolute Gasteiger partial charge is 0.356 e. The van der Waals surface area contributed by atoms with Crippen LogP contribution in [0.5, 0.6) is 0 Å². The Kier molecular flexibility index (Phi) is 4.46. The van der Waals surface area contributed by atoms with Gasteiger partial charge in [-0.3, -0.25) is 0 Å². The molecule has 0 atom stereocenters. The first-order chi connectivity index (χ1) is 8.29. The molecule has 0 spiro atoms. The topological polar surface area (TPSA) is 29.9 Å². The normalized spacial score (nSPS) is 17.3. The van der Waals surface area contributed by atoms with Gasteiger partial charge in [0, 0.05) is 19.3 Å². The smallest absolute Gasteiger partial charge is 0.203 e. The van der Waals surface area contributed by atoms with Crippen molar-refractivity contribution in [3.8, 4) is 0 Å². The zero-order valence-electron chi connectivity index (χ0n) is 11.2. The Labute approximate surface area is 105 Å². The molecule has 1 aliphatic rings. The van der Waals surface area contributed by atoms with Crippen LogP contribution in [-0.2, 0) is 6.54 Å². The van der Waals surface area contributed by atoms with Gasteiger partial charge in [0.1, 0.15) is 0 Å². The third kappa shape index (κ3) is 3.48. The molecule has 0 bridgehead atoms. The number of aromatic nitrogens is 2. The SMILES string of the molecule is CCNc1nc(C)cn1CCC1CCCCC1. The zero-order valence-corrected chi connectivity index (χ0v) is 11.2. The van der Waals surface area contributed by atoms with Crippen LogP contribution >= 0.6 is 0 Å². The highest BCUT2D eigenvalue weighted by Gasteiger charge is 2.14. The number of rotatable bonds is 5. The fourth-order valence-corrected chi connectivity index (χ4v) is 2.81. The molecule has 1 aliphatic carbocycles. The summed E-state index contributed by atoms with van der Waals surface area (Å²) in [5, 5.41) is 3.34. The highest BCUT2D eigenvalue weighted by Crippen LogP contribution is 2.27. The van der Waals surface area contributed by atoms with Crippen molar-refractivity contribution in [2.24, 2.45) is 5.92 Å². The van der Waals surface area contributed by atoms with Gasteiger partial charge >= 0.3 is 0 Å². The van der Waals surface area contributed by atoms with Gasteiger partial charge in [-0.15, -0.1) is 0 Å². The van der Waals surface area contributed by atoms with Crippen molar-refractivity contribution < 1.29 is 0 Å². The second-order valence-corrected chi connectivity index (χ2v) is 5.22. The van der Waals surface area contributed by atoms with E-state index in [-0.39, 0.29) is 0 Å². The molecule has 0 radical (unpaired) electrons. The van der Waals surface area contributed by atoms with Gasteiger partial charge in [-0.05, 0) is 26.2 Å². The maximum absolute atomic E-state index is 4.52. The van der Waals surface area contributed by atoms with Crippen LogP contribution in [0.25, 0.3) is 0 Å². The summed E-state index contributed by atoms with van der Waals surface area (Å²) in [5.41, 5.74) is 1.12. The Balaban J connectivity index is 1.88. The monoisotopic (exact) mass is 235 g/mol. The maximum atomic E-state index is 4.52. The van der Waals surface area contributed by atoms with Crippen LogP contribution in [0, 0.1) is 12.8 Å². The van der Waals surface area contributed by atoms with Gasteiger partial charge in [-0.25, -0.2) is 4.98 Å². The van der Waals surface area contributed by atoms with Crippen LogP contribution in [0.2, 0.25) is 0 Å². The Bertz CT molecular complexity index is 337. The van der Waals surface area contributed by atoms with Crippen LogP contribution < -0.4 is 5.32 Å². The molecule has 0 unspecified atom stereocenters. The van der Waals surface area contributed by atoms with Crippen LogP contribution in [-0.4, -0.2) is 16.1 Å². The summed E-state index contributed by atoms with van der Waals surface area (Å²) in [6.45, 7) is 6.25. The molecule has 1 heterocycles. The van der Waals surface area contributed by atoms with E-state index in [1.165, 1.54) is 38.5 Å². The number of nitrogens with one attached hydrogen (secondary N) is 1. The Morgan fingerprint density at radius 3 is 2.82 bits per heavy atom. The van der Waals surface area contributed by atoms with Crippen molar-refractivity contribution in [2.45, 2.75) is 58.9 Å². The number of hydrogen-bond donors (Lipinski definition) is 1. The summed E-state index contributed by atoms with van der Waals surface area (Å²) in [5.74, 6) is 1.99. The fourth-order valence-electron chi connectivity index (χ4n) is 2.81. The van der Waals surface area contributed by atoms with Crippen molar-refractivity contribution in [2.75, 3.05) is 11.9 Å². The summed E-state index contributed by atoms with van der Waals surface area (Å²) in [6.07, 6.45) is 10.7. The number of anilines is 1. The second-order valence-electron chi connectivity index (χ2n) is 5.22. The molecule has 3 nitrogen and oxygen atoms in total. The summed E-state index contributed by atoms with van der Waals surface area (Å²) < 4.78 is 2.29. The number of aryl methyl sites for hydroxylation is 2. The standard InChI is InChI=1S/C14H25N3/c1-3-15-14-16-12(2)11-17(14)10-9-13-7-5-4-6-8-13/h11,13H,3-10H2,1-2H3,(H,15,16). The highest BCUT2D eigenvalue weighted by molar-refractivity contribution is 5.28. The molecular weight excluding hydrogens is 210 g/mol. The number of imidazole rings is 1. The molecule has 2 rings (SSSR count). The third-order valence-electron chi connectivity index (χ3n) is 3.73. The molecule has 1 N–H and O–H groups in total. The molecule has 1 saturated carbocycles. The first-order valence-corrected chi connectivity index (χ1v) is 7.07. The van der Waals surface area contributed by atoms with E-state index in [0.717, 1.165) is 30.6 Å². The lowest BCUT2D eigenvalue weighted by Crippen LogP contribution is -2.12. The van der Waals surface area contributed by atoms with Crippen LogP contribution in [0.3, 0.4) is 0 Å². The van der Waals surface area contributed by atoms with E-state index >= 15 is 0 Å². The van der Waals surface area contributed by atoms with Crippen LogP contribution in [0.4, 0.5) is 5.95 Å².